The van der Waals surface area contributed by atoms with E-state index in [0.717, 1.165) is 30.8 Å². The highest BCUT2D eigenvalue weighted by atomic mass is 19.4. The summed E-state index contributed by atoms with van der Waals surface area (Å²) in [5.74, 6) is -0.152. The molecule has 1 heterocycles. The van der Waals surface area contributed by atoms with Gasteiger partial charge in [0.2, 0.25) is 0 Å². The lowest BCUT2D eigenvalue weighted by molar-refractivity contribution is -0.274. The Hall–Kier alpha value is -1.43. The van der Waals surface area contributed by atoms with Crippen molar-refractivity contribution in [3.63, 3.8) is 0 Å². The number of nitrogens with zero attached hydrogens (tertiary/aromatic N) is 2. The Labute approximate surface area is 116 Å². The summed E-state index contributed by atoms with van der Waals surface area (Å²) < 4.78 is 40.9. The van der Waals surface area contributed by atoms with E-state index in [1.165, 1.54) is 12.1 Å². The van der Waals surface area contributed by atoms with Crippen LogP contribution in [0.3, 0.4) is 0 Å². The van der Waals surface area contributed by atoms with E-state index in [2.05, 4.69) is 14.5 Å². The molecule has 0 aliphatic carbocycles. The van der Waals surface area contributed by atoms with E-state index in [-0.39, 0.29) is 5.75 Å². The van der Waals surface area contributed by atoms with Crippen molar-refractivity contribution in [2.45, 2.75) is 25.7 Å². The number of rotatable bonds is 3. The van der Waals surface area contributed by atoms with Gasteiger partial charge in [-0.3, -0.25) is 0 Å². The van der Waals surface area contributed by atoms with Crippen LogP contribution in [0.4, 0.5) is 18.9 Å². The molecule has 1 aromatic carbocycles. The number of alkyl halides is 3. The minimum absolute atomic E-state index is 0.152. The maximum Gasteiger partial charge on any atom is 0.573 e. The van der Waals surface area contributed by atoms with Crippen molar-refractivity contribution in [2.24, 2.45) is 0 Å². The molecule has 1 aromatic rings. The third kappa shape index (κ3) is 3.79. The zero-order valence-corrected chi connectivity index (χ0v) is 11.9. The molecule has 1 fully saturated rings. The number of likely N-dealkylation sites (N-methyl/N-ethyl adjacent to an activating group) is 1. The molecule has 20 heavy (non-hydrogen) atoms. The third-order valence-electron chi connectivity index (χ3n) is 3.53. The summed E-state index contributed by atoms with van der Waals surface area (Å²) in [6.45, 7) is 3.44. The molecule has 0 radical (unpaired) electrons. The molecule has 6 heteroatoms. The minimum Gasteiger partial charge on any atom is -0.406 e. The van der Waals surface area contributed by atoms with Gasteiger partial charge in [0.05, 0.1) is 0 Å². The Morgan fingerprint density at radius 2 is 1.95 bits per heavy atom. The molecular weight excluding hydrogens is 269 g/mol. The number of anilines is 1. The van der Waals surface area contributed by atoms with Crippen LogP contribution in [-0.4, -0.2) is 44.5 Å². The predicted octanol–water partition coefficient (Wildman–Crippen LogP) is 3.03. The van der Waals surface area contributed by atoms with Crippen LogP contribution in [0.2, 0.25) is 0 Å². The van der Waals surface area contributed by atoms with Crippen LogP contribution < -0.4 is 9.64 Å². The summed E-state index contributed by atoms with van der Waals surface area (Å²) in [7, 11) is 4.03. The fourth-order valence-corrected chi connectivity index (χ4v) is 2.50. The van der Waals surface area contributed by atoms with Gasteiger partial charge in [0.1, 0.15) is 5.75 Å². The smallest absolute Gasteiger partial charge is 0.406 e. The summed E-state index contributed by atoms with van der Waals surface area (Å²) in [6, 6.07) is 5.18. The zero-order chi connectivity index (χ0) is 14.9. The maximum absolute atomic E-state index is 12.3. The SMILES string of the molecule is Cc1cc(OC(F)(F)F)cc(N2CCC(N(C)C)C2)c1. The summed E-state index contributed by atoms with van der Waals surface area (Å²) >= 11 is 0. The molecule has 1 atom stereocenters. The van der Waals surface area contributed by atoms with Crippen molar-refractivity contribution >= 4 is 5.69 Å². The zero-order valence-electron chi connectivity index (χ0n) is 11.9. The monoisotopic (exact) mass is 288 g/mol. The molecule has 2 rings (SSSR count). The second-order valence-electron chi connectivity index (χ2n) is 5.40. The molecule has 1 aliphatic heterocycles. The lowest BCUT2D eigenvalue weighted by Gasteiger charge is -2.23. The van der Waals surface area contributed by atoms with Gasteiger partial charge in [-0.2, -0.15) is 0 Å². The van der Waals surface area contributed by atoms with Crippen LogP contribution in [0.15, 0.2) is 18.2 Å². The number of halogens is 3. The van der Waals surface area contributed by atoms with Gasteiger partial charge in [-0.25, -0.2) is 0 Å². The molecule has 1 aliphatic rings. The van der Waals surface area contributed by atoms with Gasteiger partial charge in [0, 0.05) is 30.9 Å². The van der Waals surface area contributed by atoms with Crippen molar-refractivity contribution in [3.8, 4) is 5.75 Å². The van der Waals surface area contributed by atoms with Crippen LogP contribution in [0.25, 0.3) is 0 Å². The molecule has 0 saturated carbocycles. The molecule has 3 nitrogen and oxygen atoms in total. The first kappa shape index (κ1) is 15.0. The Kier molecular flexibility index (Phi) is 4.13. The van der Waals surface area contributed by atoms with Gasteiger partial charge < -0.3 is 14.5 Å². The molecule has 112 valence electrons. The van der Waals surface area contributed by atoms with Crippen molar-refractivity contribution in [3.05, 3.63) is 23.8 Å². The highest BCUT2D eigenvalue weighted by molar-refractivity contribution is 5.54. The second kappa shape index (κ2) is 5.52. The molecule has 0 amide bonds. The molecule has 1 saturated heterocycles. The first-order chi connectivity index (χ1) is 9.24. The molecule has 1 unspecified atom stereocenters. The van der Waals surface area contributed by atoms with Crippen molar-refractivity contribution in [2.75, 3.05) is 32.1 Å². The quantitative estimate of drug-likeness (QED) is 0.850. The third-order valence-corrected chi connectivity index (χ3v) is 3.53. The molecule has 0 aromatic heterocycles. The second-order valence-corrected chi connectivity index (χ2v) is 5.40. The van der Waals surface area contributed by atoms with Gasteiger partial charge in [-0.15, -0.1) is 13.2 Å². The molecule has 0 bridgehead atoms. The number of ether oxygens (including phenoxy) is 1. The highest BCUT2D eigenvalue weighted by Crippen LogP contribution is 2.30. The van der Waals surface area contributed by atoms with Crippen LogP contribution >= 0.6 is 0 Å². The summed E-state index contributed by atoms with van der Waals surface area (Å²) in [4.78, 5) is 4.24. The van der Waals surface area contributed by atoms with Crippen molar-refractivity contribution in [1.82, 2.24) is 4.90 Å². The van der Waals surface area contributed by atoms with Crippen LogP contribution in [0.5, 0.6) is 5.75 Å². The Morgan fingerprint density at radius 3 is 2.50 bits per heavy atom. The minimum atomic E-state index is -4.65. The van der Waals surface area contributed by atoms with E-state index in [0.29, 0.717) is 6.04 Å². The van der Waals surface area contributed by atoms with Gasteiger partial charge in [0.25, 0.3) is 0 Å². The van der Waals surface area contributed by atoms with E-state index < -0.39 is 6.36 Å². The lowest BCUT2D eigenvalue weighted by Crippen LogP contribution is -2.31. The van der Waals surface area contributed by atoms with Crippen LogP contribution in [0, 0.1) is 6.92 Å². The number of aryl methyl sites for hydroxylation is 1. The predicted molar refractivity (Wildman–Crippen MR) is 72.2 cm³/mol. The lowest BCUT2D eigenvalue weighted by atomic mass is 10.2. The van der Waals surface area contributed by atoms with Crippen LogP contribution in [-0.2, 0) is 0 Å². The fourth-order valence-electron chi connectivity index (χ4n) is 2.50. The Balaban J connectivity index is 2.16. The summed E-state index contributed by atoms with van der Waals surface area (Å²) in [6.07, 6.45) is -3.64. The largest absolute Gasteiger partial charge is 0.573 e. The van der Waals surface area contributed by atoms with E-state index >= 15 is 0 Å². The van der Waals surface area contributed by atoms with Gasteiger partial charge in [0.15, 0.2) is 0 Å². The molecule has 0 spiro atoms. The van der Waals surface area contributed by atoms with Gasteiger partial charge in [-0.1, -0.05) is 0 Å². The Morgan fingerprint density at radius 1 is 1.25 bits per heavy atom. The van der Waals surface area contributed by atoms with Gasteiger partial charge in [-0.05, 0) is 45.1 Å². The average Bonchev–Trinajstić information content (AvgIpc) is 2.74. The van der Waals surface area contributed by atoms with E-state index in [1.54, 1.807) is 6.92 Å². The van der Waals surface area contributed by atoms with E-state index in [9.17, 15) is 13.2 Å². The number of benzene rings is 1. The first-order valence-electron chi connectivity index (χ1n) is 6.53. The summed E-state index contributed by atoms with van der Waals surface area (Å²) in [5, 5.41) is 0. The molecule has 0 N–H and O–H groups in total. The fraction of sp³-hybridized carbons (Fsp3) is 0.571. The maximum atomic E-state index is 12.3. The summed E-state index contributed by atoms with van der Waals surface area (Å²) in [5.41, 5.74) is 1.55. The Bertz CT molecular complexity index is 474. The van der Waals surface area contributed by atoms with Crippen LogP contribution in [0.1, 0.15) is 12.0 Å². The van der Waals surface area contributed by atoms with Crippen molar-refractivity contribution < 1.29 is 17.9 Å². The van der Waals surface area contributed by atoms with E-state index in [1.807, 2.05) is 20.2 Å². The number of hydrogen-bond acceptors (Lipinski definition) is 3. The standard InChI is InChI=1S/C14H19F3N2O/c1-10-6-12(8-13(7-10)20-14(15,16)17)19-5-4-11(9-19)18(2)3/h6-8,11H,4-5,9H2,1-3H3. The highest BCUT2D eigenvalue weighted by Gasteiger charge is 2.32. The first-order valence-corrected chi connectivity index (χ1v) is 6.53. The number of hydrogen-bond donors (Lipinski definition) is 0. The topological polar surface area (TPSA) is 15.7 Å². The van der Waals surface area contributed by atoms with E-state index in [4.69, 9.17) is 0 Å². The van der Waals surface area contributed by atoms with Crippen molar-refractivity contribution in [1.29, 1.82) is 0 Å². The normalized spacial score (nSPS) is 19.8. The molecular formula is C14H19F3N2O. The average molecular weight is 288 g/mol. The van der Waals surface area contributed by atoms with Gasteiger partial charge >= 0.3 is 6.36 Å².